The summed E-state index contributed by atoms with van der Waals surface area (Å²) < 4.78 is 24.5. The van der Waals surface area contributed by atoms with Crippen LogP contribution in [0.4, 0.5) is 0 Å². The van der Waals surface area contributed by atoms with Crippen molar-refractivity contribution in [1.29, 1.82) is 5.26 Å². The topological polar surface area (TPSA) is 81.5 Å². The molecule has 0 saturated carbocycles. The van der Waals surface area contributed by atoms with Gasteiger partial charge in [0.25, 0.3) is 0 Å². The number of nitrogens with zero attached hydrogens (tertiary/aromatic N) is 3. The molecule has 6 nitrogen and oxygen atoms in total. The summed E-state index contributed by atoms with van der Waals surface area (Å²) in [7, 11) is -1.70. The number of hydrogen-bond donors (Lipinski definition) is 0. The van der Waals surface area contributed by atoms with Crippen LogP contribution >= 0.6 is 0 Å². The fourth-order valence-corrected chi connectivity index (χ4v) is 3.45. The summed E-state index contributed by atoms with van der Waals surface area (Å²) in [4.78, 5) is 15.2. The largest absolute Gasteiger partial charge is 0.343 e. The molecule has 0 aromatic heterocycles. The molecule has 1 heterocycles. The Kier molecular flexibility index (Phi) is 4.60. The van der Waals surface area contributed by atoms with Gasteiger partial charge < -0.3 is 4.90 Å². The molecule has 1 amide bonds. The summed E-state index contributed by atoms with van der Waals surface area (Å²) in [5.41, 5.74) is 0.325. The van der Waals surface area contributed by atoms with Gasteiger partial charge in [-0.25, -0.2) is 8.42 Å². The van der Waals surface area contributed by atoms with Gasteiger partial charge in [-0.1, -0.05) is 6.07 Å². The van der Waals surface area contributed by atoms with Crippen molar-refractivity contribution in [1.82, 2.24) is 9.80 Å². The van der Waals surface area contributed by atoms with Gasteiger partial charge in [-0.2, -0.15) is 5.26 Å². The van der Waals surface area contributed by atoms with E-state index < -0.39 is 9.84 Å². The Morgan fingerprint density at radius 3 is 2.76 bits per heavy atom. The highest BCUT2D eigenvalue weighted by Gasteiger charge is 2.23. The van der Waals surface area contributed by atoms with Crippen LogP contribution in [-0.4, -0.2) is 63.1 Å². The fraction of sp³-hybridized carbons (Fsp3) is 0.429. The highest BCUT2D eigenvalue weighted by atomic mass is 32.2. The Hall–Kier alpha value is -1.91. The van der Waals surface area contributed by atoms with E-state index in [1.807, 2.05) is 11.0 Å². The van der Waals surface area contributed by atoms with Crippen LogP contribution in [0.3, 0.4) is 0 Å². The molecule has 0 unspecified atom stereocenters. The lowest BCUT2D eigenvalue weighted by Gasteiger charge is -2.31. The van der Waals surface area contributed by atoms with E-state index in [0.717, 1.165) is 0 Å². The Morgan fingerprint density at radius 1 is 1.33 bits per heavy atom. The van der Waals surface area contributed by atoms with Crippen molar-refractivity contribution in [2.45, 2.75) is 4.90 Å². The average molecular weight is 307 g/mol. The third kappa shape index (κ3) is 3.80. The molecule has 1 aromatic carbocycles. The molecular formula is C14H17N3O3S. The highest BCUT2D eigenvalue weighted by molar-refractivity contribution is 7.91. The highest BCUT2D eigenvalue weighted by Crippen LogP contribution is 2.13. The molecule has 1 saturated heterocycles. The molecule has 7 heteroatoms. The van der Waals surface area contributed by atoms with Gasteiger partial charge >= 0.3 is 0 Å². The third-order valence-electron chi connectivity index (χ3n) is 3.53. The SMILES string of the molecule is CN1CCN(CCS(=O)(=O)c2cccc(C#N)c2)CC1=O. The maximum atomic E-state index is 12.3. The van der Waals surface area contributed by atoms with Gasteiger partial charge in [0.15, 0.2) is 9.84 Å². The minimum Gasteiger partial charge on any atom is -0.343 e. The molecule has 2 rings (SSSR count). The predicted molar refractivity (Wildman–Crippen MR) is 77.3 cm³/mol. The fourth-order valence-electron chi connectivity index (χ4n) is 2.12. The Morgan fingerprint density at radius 2 is 2.10 bits per heavy atom. The molecule has 1 fully saturated rings. The van der Waals surface area contributed by atoms with Crippen LogP contribution in [0.5, 0.6) is 0 Å². The average Bonchev–Trinajstić information content (AvgIpc) is 2.48. The lowest BCUT2D eigenvalue weighted by Crippen LogP contribution is -2.49. The van der Waals surface area contributed by atoms with E-state index in [9.17, 15) is 13.2 Å². The van der Waals surface area contributed by atoms with Crippen molar-refractivity contribution in [3.8, 4) is 6.07 Å². The summed E-state index contributed by atoms with van der Waals surface area (Å²) >= 11 is 0. The minimum atomic E-state index is -3.44. The molecule has 0 atom stereocenters. The van der Waals surface area contributed by atoms with E-state index in [1.165, 1.54) is 12.1 Å². The molecule has 0 bridgehead atoms. The van der Waals surface area contributed by atoms with Crippen molar-refractivity contribution in [3.05, 3.63) is 29.8 Å². The van der Waals surface area contributed by atoms with Crippen molar-refractivity contribution in [2.24, 2.45) is 0 Å². The van der Waals surface area contributed by atoms with Crippen LogP contribution < -0.4 is 0 Å². The van der Waals surface area contributed by atoms with Gasteiger partial charge in [0.05, 0.1) is 28.8 Å². The van der Waals surface area contributed by atoms with E-state index in [2.05, 4.69) is 0 Å². The summed E-state index contributed by atoms with van der Waals surface area (Å²) in [5.74, 6) is -0.0519. The normalized spacial score (nSPS) is 16.8. The number of carbonyl (C=O) groups excluding carboxylic acids is 1. The van der Waals surface area contributed by atoms with Gasteiger partial charge in [0.2, 0.25) is 5.91 Å². The van der Waals surface area contributed by atoms with E-state index in [0.29, 0.717) is 25.2 Å². The maximum Gasteiger partial charge on any atom is 0.236 e. The second-order valence-electron chi connectivity index (χ2n) is 5.05. The number of sulfone groups is 1. The standard InChI is InChI=1S/C14H17N3O3S/c1-16-5-6-17(11-14(16)18)7-8-21(19,20)13-4-2-3-12(9-13)10-15/h2-4,9H,5-8,11H2,1H3. The van der Waals surface area contributed by atoms with Crippen LogP contribution in [-0.2, 0) is 14.6 Å². The Labute approximate surface area is 124 Å². The van der Waals surface area contributed by atoms with Crippen LogP contribution in [0.1, 0.15) is 5.56 Å². The molecule has 1 aliphatic rings. The molecule has 112 valence electrons. The van der Waals surface area contributed by atoms with Gasteiger partial charge in [-0.3, -0.25) is 9.69 Å². The Balaban J connectivity index is 2.02. The number of rotatable bonds is 4. The Bertz CT molecular complexity index is 679. The first kappa shape index (κ1) is 15.5. The quantitative estimate of drug-likeness (QED) is 0.788. The second-order valence-corrected chi connectivity index (χ2v) is 7.16. The zero-order valence-electron chi connectivity index (χ0n) is 11.8. The number of likely N-dealkylation sites (N-methyl/N-ethyl adjacent to an activating group) is 1. The predicted octanol–water partition coefficient (Wildman–Crippen LogP) is 0.106. The minimum absolute atomic E-state index is 0.00475. The maximum absolute atomic E-state index is 12.3. The first-order valence-corrected chi connectivity index (χ1v) is 8.27. The van der Waals surface area contributed by atoms with Crippen molar-refractivity contribution in [2.75, 3.05) is 39.0 Å². The summed E-state index contributed by atoms with van der Waals surface area (Å²) in [6.45, 7) is 1.86. The van der Waals surface area contributed by atoms with E-state index in [4.69, 9.17) is 5.26 Å². The van der Waals surface area contributed by atoms with E-state index in [1.54, 1.807) is 24.1 Å². The summed E-state index contributed by atoms with van der Waals surface area (Å²) in [6, 6.07) is 7.93. The van der Waals surface area contributed by atoms with E-state index in [-0.39, 0.29) is 23.1 Å². The van der Waals surface area contributed by atoms with Gasteiger partial charge in [0.1, 0.15) is 0 Å². The molecular weight excluding hydrogens is 290 g/mol. The van der Waals surface area contributed by atoms with Crippen LogP contribution in [0, 0.1) is 11.3 Å². The van der Waals surface area contributed by atoms with Crippen LogP contribution in [0.15, 0.2) is 29.2 Å². The van der Waals surface area contributed by atoms with Crippen molar-refractivity contribution < 1.29 is 13.2 Å². The van der Waals surface area contributed by atoms with Gasteiger partial charge in [-0.15, -0.1) is 0 Å². The molecule has 21 heavy (non-hydrogen) atoms. The third-order valence-corrected chi connectivity index (χ3v) is 5.23. The molecule has 0 spiro atoms. The summed E-state index contributed by atoms with van der Waals surface area (Å²) in [5, 5.41) is 8.82. The number of amides is 1. The number of hydrogen-bond acceptors (Lipinski definition) is 5. The molecule has 0 N–H and O–H groups in total. The first-order valence-electron chi connectivity index (χ1n) is 6.61. The van der Waals surface area contributed by atoms with Gasteiger partial charge in [-0.05, 0) is 18.2 Å². The smallest absolute Gasteiger partial charge is 0.236 e. The summed E-state index contributed by atoms with van der Waals surface area (Å²) in [6.07, 6.45) is 0. The second kappa shape index (κ2) is 6.24. The first-order chi connectivity index (χ1) is 9.92. The number of carbonyl (C=O) groups is 1. The zero-order valence-corrected chi connectivity index (χ0v) is 12.6. The lowest BCUT2D eigenvalue weighted by molar-refractivity contribution is -0.134. The van der Waals surface area contributed by atoms with Crippen molar-refractivity contribution in [3.63, 3.8) is 0 Å². The lowest BCUT2D eigenvalue weighted by atomic mass is 10.2. The number of nitriles is 1. The molecule has 0 radical (unpaired) electrons. The zero-order chi connectivity index (χ0) is 15.5. The van der Waals surface area contributed by atoms with Gasteiger partial charge in [0, 0.05) is 26.7 Å². The molecule has 1 aliphatic heterocycles. The monoisotopic (exact) mass is 307 g/mol. The molecule has 1 aromatic rings. The number of piperazine rings is 1. The number of benzene rings is 1. The van der Waals surface area contributed by atoms with E-state index >= 15 is 0 Å². The van der Waals surface area contributed by atoms with Crippen molar-refractivity contribution >= 4 is 15.7 Å². The van der Waals surface area contributed by atoms with Crippen LogP contribution in [0.2, 0.25) is 0 Å². The molecule has 0 aliphatic carbocycles. The van der Waals surface area contributed by atoms with Crippen LogP contribution in [0.25, 0.3) is 0 Å².